The second kappa shape index (κ2) is 7.85. The van der Waals surface area contributed by atoms with Crippen LogP contribution in [-0.4, -0.2) is 25.7 Å². The van der Waals surface area contributed by atoms with Gasteiger partial charge in [0.1, 0.15) is 0 Å². The predicted molar refractivity (Wildman–Crippen MR) is 85.3 cm³/mol. The summed E-state index contributed by atoms with van der Waals surface area (Å²) >= 11 is 0. The van der Waals surface area contributed by atoms with Gasteiger partial charge in [-0.15, -0.1) is 0 Å². The van der Waals surface area contributed by atoms with Crippen molar-refractivity contribution in [3.05, 3.63) is 59.7 Å². The number of carbonyl (C=O) groups is 2. The van der Waals surface area contributed by atoms with E-state index in [4.69, 9.17) is 0 Å². The van der Waals surface area contributed by atoms with Crippen molar-refractivity contribution in [1.29, 1.82) is 0 Å². The van der Waals surface area contributed by atoms with Crippen LogP contribution in [0, 0.1) is 0 Å². The molecule has 0 unspecified atom stereocenters. The third-order valence-electron chi connectivity index (χ3n) is 3.16. The maximum absolute atomic E-state index is 10.9. The van der Waals surface area contributed by atoms with Gasteiger partial charge in [-0.25, -0.2) is 0 Å². The van der Waals surface area contributed by atoms with Crippen LogP contribution in [0.2, 0.25) is 0 Å². The molecule has 2 N–H and O–H groups in total. The Morgan fingerprint density at radius 2 is 1.14 bits per heavy atom. The number of hydrogen-bond acceptors (Lipinski definition) is 4. The molecule has 2 aromatic carbocycles. The number of nitrogens with one attached hydrogen (secondary N) is 2. The Labute approximate surface area is 124 Å². The van der Waals surface area contributed by atoms with E-state index in [1.165, 1.54) is 0 Å². The molecular formula is C17H18N2O2. The minimum Gasteiger partial charge on any atom is -0.384 e. The van der Waals surface area contributed by atoms with E-state index in [0.29, 0.717) is 11.1 Å². The van der Waals surface area contributed by atoms with E-state index in [-0.39, 0.29) is 0 Å². The first kappa shape index (κ1) is 14.8. The van der Waals surface area contributed by atoms with Crippen molar-refractivity contribution in [3.63, 3.8) is 0 Å². The zero-order chi connectivity index (χ0) is 14.9. The van der Waals surface area contributed by atoms with Gasteiger partial charge in [0.15, 0.2) is 12.6 Å². The first-order valence-electron chi connectivity index (χ1n) is 6.91. The highest BCUT2D eigenvalue weighted by Gasteiger charge is 2.00. The van der Waals surface area contributed by atoms with Gasteiger partial charge in [-0.1, -0.05) is 24.3 Å². The van der Waals surface area contributed by atoms with Crippen molar-refractivity contribution in [1.82, 2.24) is 0 Å². The number of benzene rings is 2. The van der Waals surface area contributed by atoms with Gasteiger partial charge in [0.05, 0.1) is 0 Å². The molecule has 0 aliphatic heterocycles. The zero-order valence-corrected chi connectivity index (χ0v) is 11.7. The molecule has 0 saturated heterocycles. The van der Waals surface area contributed by atoms with E-state index in [1.807, 2.05) is 36.4 Å². The van der Waals surface area contributed by atoms with Crippen LogP contribution in [-0.2, 0) is 0 Å². The summed E-state index contributed by atoms with van der Waals surface area (Å²) in [4.78, 5) is 21.8. The number of para-hydroxylation sites is 2. The van der Waals surface area contributed by atoms with Gasteiger partial charge in [0, 0.05) is 35.6 Å². The lowest BCUT2D eigenvalue weighted by Crippen LogP contribution is -2.10. The molecule has 0 bridgehead atoms. The second-order valence-electron chi connectivity index (χ2n) is 4.62. The van der Waals surface area contributed by atoms with Crippen molar-refractivity contribution >= 4 is 23.9 Å². The minimum atomic E-state index is 0.664. The van der Waals surface area contributed by atoms with Gasteiger partial charge >= 0.3 is 0 Å². The highest BCUT2D eigenvalue weighted by atomic mass is 16.1. The lowest BCUT2D eigenvalue weighted by molar-refractivity contribution is 0.111. The normalized spacial score (nSPS) is 9.90. The Balaban J connectivity index is 1.77. The lowest BCUT2D eigenvalue weighted by Gasteiger charge is -2.10. The van der Waals surface area contributed by atoms with Gasteiger partial charge in [-0.3, -0.25) is 9.59 Å². The molecule has 0 radical (unpaired) electrons. The molecular weight excluding hydrogens is 264 g/mol. The highest BCUT2D eigenvalue weighted by Crippen LogP contribution is 2.13. The van der Waals surface area contributed by atoms with E-state index < -0.39 is 0 Å². The second-order valence-corrected chi connectivity index (χ2v) is 4.62. The standard InChI is InChI=1S/C17H18N2O2/c20-12-14-6-1-3-8-16(14)18-10-5-11-19-17-9-4-2-7-15(17)13-21/h1-4,6-9,12-13,18-19H,5,10-11H2. The molecule has 0 amide bonds. The lowest BCUT2D eigenvalue weighted by atomic mass is 10.2. The Hall–Kier alpha value is -2.62. The molecule has 4 heteroatoms. The van der Waals surface area contributed by atoms with Gasteiger partial charge in [-0.05, 0) is 30.7 Å². The third kappa shape index (κ3) is 4.18. The molecule has 0 aliphatic rings. The summed E-state index contributed by atoms with van der Waals surface area (Å²) in [7, 11) is 0. The smallest absolute Gasteiger partial charge is 0.152 e. The van der Waals surface area contributed by atoms with Crippen LogP contribution < -0.4 is 10.6 Å². The van der Waals surface area contributed by atoms with Gasteiger partial charge in [0.2, 0.25) is 0 Å². The fourth-order valence-corrected chi connectivity index (χ4v) is 2.06. The number of anilines is 2. The van der Waals surface area contributed by atoms with E-state index in [2.05, 4.69) is 10.6 Å². The zero-order valence-electron chi connectivity index (χ0n) is 11.7. The maximum Gasteiger partial charge on any atom is 0.152 e. The van der Waals surface area contributed by atoms with Crippen LogP contribution in [0.3, 0.4) is 0 Å². The molecule has 0 atom stereocenters. The topological polar surface area (TPSA) is 58.2 Å². The fourth-order valence-electron chi connectivity index (χ4n) is 2.06. The summed E-state index contributed by atoms with van der Waals surface area (Å²) in [5.74, 6) is 0. The van der Waals surface area contributed by atoms with Crippen molar-refractivity contribution in [2.75, 3.05) is 23.7 Å². The Morgan fingerprint density at radius 3 is 1.57 bits per heavy atom. The quantitative estimate of drug-likeness (QED) is 0.576. The average molecular weight is 282 g/mol. The van der Waals surface area contributed by atoms with Gasteiger partial charge in [0.25, 0.3) is 0 Å². The van der Waals surface area contributed by atoms with Crippen molar-refractivity contribution in [3.8, 4) is 0 Å². The van der Waals surface area contributed by atoms with Crippen LogP contribution >= 0.6 is 0 Å². The maximum atomic E-state index is 10.9. The number of aldehydes is 2. The summed E-state index contributed by atoms with van der Waals surface area (Å²) in [6, 6.07) is 14.8. The number of carbonyl (C=O) groups excluding carboxylic acids is 2. The van der Waals surface area contributed by atoms with E-state index in [9.17, 15) is 9.59 Å². The SMILES string of the molecule is O=Cc1ccccc1NCCCNc1ccccc1C=O. The molecule has 2 aromatic rings. The van der Waals surface area contributed by atoms with Crippen molar-refractivity contribution in [2.24, 2.45) is 0 Å². The first-order valence-corrected chi connectivity index (χ1v) is 6.91. The Bertz CT molecular complexity index is 558. The first-order chi connectivity index (χ1) is 10.3. The van der Waals surface area contributed by atoms with Gasteiger partial charge in [-0.2, -0.15) is 0 Å². The Morgan fingerprint density at radius 1 is 0.714 bits per heavy atom. The summed E-state index contributed by atoms with van der Waals surface area (Å²) < 4.78 is 0. The highest BCUT2D eigenvalue weighted by molar-refractivity contribution is 5.84. The molecule has 108 valence electrons. The van der Waals surface area contributed by atoms with Crippen LogP contribution in [0.4, 0.5) is 11.4 Å². The largest absolute Gasteiger partial charge is 0.384 e. The average Bonchev–Trinajstić information content (AvgIpc) is 2.55. The molecule has 0 spiro atoms. The predicted octanol–water partition coefficient (Wildman–Crippen LogP) is 3.23. The molecule has 0 heterocycles. The monoisotopic (exact) mass is 282 g/mol. The number of hydrogen-bond donors (Lipinski definition) is 2. The van der Waals surface area contributed by atoms with Crippen LogP contribution in [0.15, 0.2) is 48.5 Å². The van der Waals surface area contributed by atoms with Crippen LogP contribution in [0.5, 0.6) is 0 Å². The van der Waals surface area contributed by atoms with Crippen molar-refractivity contribution in [2.45, 2.75) is 6.42 Å². The molecule has 0 fully saturated rings. The third-order valence-corrected chi connectivity index (χ3v) is 3.16. The molecule has 0 aromatic heterocycles. The van der Waals surface area contributed by atoms with Crippen molar-refractivity contribution < 1.29 is 9.59 Å². The van der Waals surface area contributed by atoms with E-state index >= 15 is 0 Å². The minimum absolute atomic E-state index is 0.664. The van der Waals surface area contributed by atoms with E-state index in [0.717, 1.165) is 43.5 Å². The summed E-state index contributed by atoms with van der Waals surface area (Å²) in [6.07, 6.45) is 2.57. The molecule has 0 saturated carbocycles. The van der Waals surface area contributed by atoms with Crippen LogP contribution in [0.1, 0.15) is 27.1 Å². The summed E-state index contributed by atoms with van der Waals surface area (Å²) in [6.45, 7) is 1.50. The molecule has 21 heavy (non-hydrogen) atoms. The molecule has 4 nitrogen and oxygen atoms in total. The fraction of sp³-hybridized carbons (Fsp3) is 0.176. The van der Waals surface area contributed by atoms with E-state index in [1.54, 1.807) is 12.1 Å². The van der Waals surface area contributed by atoms with Crippen LogP contribution in [0.25, 0.3) is 0 Å². The summed E-state index contributed by atoms with van der Waals surface area (Å²) in [5.41, 5.74) is 3.02. The molecule has 2 rings (SSSR count). The molecule has 0 aliphatic carbocycles. The number of rotatable bonds is 8. The summed E-state index contributed by atoms with van der Waals surface area (Å²) in [5, 5.41) is 6.48. The van der Waals surface area contributed by atoms with Gasteiger partial charge < -0.3 is 10.6 Å². The Kier molecular flexibility index (Phi) is 5.52.